The molecule has 1 aromatic carbocycles. The van der Waals surface area contributed by atoms with Crippen molar-refractivity contribution in [2.45, 2.75) is 31.3 Å². The van der Waals surface area contributed by atoms with Gasteiger partial charge in [0.1, 0.15) is 17.8 Å². The minimum absolute atomic E-state index is 0.308. The van der Waals surface area contributed by atoms with Crippen LogP contribution in [0.3, 0.4) is 0 Å². The zero-order valence-corrected chi connectivity index (χ0v) is 16.8. The highest BCUT2D eigenvalue weighted by atomic mass is 16.3. The molecule has 30 heavy (non-hydrogen) atoms. The number of benzene rings is 1. The second kappa shape index (κ2) is 8.31. The average Bonchev–Trinajstić information content (AvgIpc) is 3.31. The number of carbonyl (C=O) groups excluding carboxylic acids is 3. The quantitative estimate of drug-likeness (QED) is 0.699. The number of hydrogen-bond acceptors (Lipinski definition) is 5. The predicted octanol–water partition coefficient (Wildman–Crippen LogP) is 1.61. The Bertz CT molecular complexity index is 904. The van der Waals surface area contributed by atoms with Crippen LogP contribution in [0.5, 0.6) is 0 Å². The zero-order chi connectivity index (χ0) is 21.1. The maximum Gasteiger partial charge on any atom is 0.328 e. The van der Waals surface area contributed by atoms with Crippen LogP contribution in [0.4, 0.5) is 4.79 Å². The van der Waals surface area contributed by atoms with Crippen molar-refractivity contribution in [1.29, 1.82) is 0 Å². The average molecular weight is 410 g/mol. The van der Waals surface area contributed by atoms with Crippen molar-refractivity contribution in [2.24, 2.45) is 5.73 Å². The molecule has 8 nitrogen and oxygen atoms in total. The summed E-state index contributed by atoms with van der Waals surface area (Å²) >= 11 is 0. The highest BCUT2D eigenvalue weighted by Gasteiger charge is 2.57. The molecule has 0 radical (unpaired) electrons. The fraction of sp³-hybridized carbons (Fsp3) is 0.409. The first-order chi connectivity index (χ1) is 14.5. The first kappa shape index (κ1) is 20.2. The van der Waals surface area contributed by atoms with Crippen LogP contribution in [0.15, 0.2) is 53.1 Å². The van der Waals surface area contributed by atoms with Gasteiger partial charge in [0.2, 0.25) is 5.91 Å². The molecule has 2 saturated heterocycles. The van der Waals surface area contributed by atoms with Crippen LogP contribution in [0.1, 0.15) is 24.2 Å². The summed E-state index contributed by atoms with van der Waals surface area (Å²) in [5.74, 6) is -0.125. The molecule has 2 aliphatic rings. The third-order valence-corrected chi connectivity index (χ3v) is 6.05. The number of hydrogen-bond donors (Lipinski definition) is 1. The lowest BCUT2D eigenvalue weighted by Gasteiger charge is -2.42. The van der Waals surface area contributed by atoms with E-state index in [1.165, 1.54) is 0 Å². The molecule has 1 aromatic heterocycles. The van der Waals surface area contributed by atoms with E-state index in [0.29, 0.717) is 45.4 Å². The van der Waals surface area contributed by atoms with Gasteiger partial charge in [0, 0.05) is 19.6 Å². The summed E-state index contributed by atoms with van der Waals surface area (Å²) in [4.78, 5) is 42.7. The lowest BCUT2D eigenvalue weighted by atomic mass is 9.85. The van der Waals surface area contributed by atoms with Gasteiger partial charge in [-0.15, -0.1) is 0 Å². The highest BCUT2D eigenvalue weighted by molar-refractivity contribution is 6.09. The van der Waals surface area contributed by atoms with Gasteiger partial charge in [-0.1, -0.05) is 30.3 Å². The van der Waals surface area contributed by atoms with Crippen LogP contribution in [0.2, 0.25) is 0 Å². The molecule has 2 aliphatic heterocycles. The number of imide groups is 1. The maximum absolute atomic E-state index is 13.3. The van der Waals surface area contributed by atoms with E-state index >= 15 is 0 Å². The SMILES string of the molecule is NC(=O)CN1C(=O)N(CCc2ccccc2)C2(CCN(Cc3ccco3)CC2)C1=O. The van der Waals surface area contributed by atoms with Crippen LogP contribution in [0, 0.1) is 0 Å². The van der Waals surface area contributed by atoms with Crippen LogP contribution in [-0.2, 0) is 22.6 Å². The Labute approximate surface area is 175 Å². The standard InChI is InChI=1S/C22H26N4O4/c23-19(27)16-25-20(28)22(9-12-24(13-10-22)15-18-7-4-14-30-18)26(21(25)29)11-8-17-5-2-1-3-6-17/h1-7,14H,8-13,15-16H2,(H2,23,27). The molecular formula is C22H26N4O4. The van der Waals surface area contributed by atoms with Gasteiger partial charge in [0.15, 0.2) is 0 Å². The van der Waals surface area contributed by atoms with Crippen molar-refractivity contribution >= 4 is 17.8 Å². The molecule has 1 spiro atoms. The Morgan fingerprint density at radius 1 is 1.07 bits per heavy atom. The third kappa shape index (κ3) is 3.82. The summed E-state index contributed by atoms with van der Waals surface area (Å²) in [6.07, 6.45) is 3.32. The molecule has 0 unspecified atom stereocenters. The van der Waals surface area contributed by atoms with Crippen molar-refractivity contribution in [3.8, 4) is 0 Å². The molecule has 158 valence electrons. The summed E-state index contributed by atoms with van der Waals surface area (Å²) in [7, 11) is 0. The van der Waals surface area contributed by atoms with Crippen LogP contribution in [0.25, 0.3) is 0 Å². The molecule has 3 heterocycles. The second-order valence-corrected chi connectivity index (χ2v) is 7.91. The molecule has 4 rings (SSSR count). The van der Waals surface area contributed by atoms with Crippen LogP contribution < -0.4 is 5.73 Å². The molecule has 0 aliphatic carbocycles. The van der Waals surface area contributed by atoms with Crippen molar-refractivity contribution < 1.29 is 18.8 Å². The van der Waals surface area contributed by atoms with Crippen molar-refractivity contribution in [3.05, 3.63) is 60.1 Å². The number of likely N-dealkylation sites (tertiary alicyclic amines) is 1. The number of nitrogens with two attached hydrogens (primary N) is 1. The summed E-state index contributed by atoms with van der Waals surface area (Å²) < 4.78 is 5.43. The van der Waals surface area contributed by atoms with Gasteiger partial charge in [0.05, 0.1) is 12.8 Å². The monoisotopic (exact) mass is 410 g/mol. The van der Waals surface area contributed by atoms with Gasteiger partial charge in [-0.2, -0.15) is 0 Å². The molecule has 8 heteroatoms. The topological polar surface area (TPSA) is 100 Å². The van der Waals surface area contributed by atoms with Crippen molar-refractivity contribution in [2.75, 3.05) is 26.2 Å². The van der Waals surface area contributed by atoms with Gasteiger partial charge >= 0.3 is 6.03 Å². The molecule has 2 aromatic rings. The van der Waals surface area contributed by atoms with E-state index in [1.807, 2.05) is 42.5 Å². The fourth-order valence-corrected chi connectivity index (χ4v) is 4.46. The lowest BCUT2D eigenvalue weighted by molar-refractivity contribution is -0.137. The normalized spacial score (nSPS) is 19.1. The van der Waals surface area contributed by atoms with Gasteiger partial charge in [-0.05, 0) is 37.0 Å². The Hall–Kier alpha value is -3.13. The van der Waals surface area contributed by atoms with E-state index < -0.39 is 17.5 Å². The number of furan rings is 1. The Morgan fingerprint density at radius 3 is 2.43 bits per heavy atom. The number of carbonyl (C=O) groups is 3. The van der Waals surface area contributed by atoms with Gasteiger partial charge in [0.25, 0.3) is 5.91 Å². The van der Waals surface area contributed by atoms with E-state index in [0.717, 1.165) is 16.2 Å². The summed E-state index contributed by atoms with van der Waals surface area (Å²) in [6.45, 7) is 2.03. The number of piperidine rings is 1. The first-order valence-corrected chi connectivity index (χ1v) is 10.2. The second-order valence-electron chi connectivity index (χ2n) is 7.91. The van der Waals surface area contributed by atoms with Crippen LogP contribution >= 0.6 is 0 Å². The van der Waals surface area contributed by atoms with E-state index in [1.54, 1.807) is 11.2 Å². The number of rotatable bonds is 7. The number of nitrogens with zero attached hydrogens (tertiary/aromatic N) is 3. The van der Waals surface area contributed by atoms with Crippen molar-refractivity contribution in [1.82, 2.24) is 14.7 Å². The molecule has 0 saturated carbocycles. The summed E-state index contributed by atoms with van der Waals surface area (Å²) in [5.41, 5.74) is 5.48. The predicted molar refractivity (Wildman–Crippen MR) is 109 cm³/mol. The zero-order valence-electron chi connectivity index (χ0n) is 16.8. The van der Waals surface area contributed by atoms with E-state index in [4.69, 9.17) is 10.2 Å². The number of amides is 4. The third-order valence-electron chi connectivity index (χ3n) is 6.05. The van der Waals surface area contributed by atoms with E-state index in [-0.39, 0.29) is 12.5 Å². The van der Waals surface area contributed by atoms with Gasteiger partial charge in [-0.3, -0.25) is 19.4 Å². The van der Waals surface area contributed by atoms with Crippen LogP contribution in [-0.4, -0.2) is 64.3 Å². The van der Waals surface area contributed by atoms with E-state index in [9.17, 15) is 14.4 Å². The smallest absolute Gasteiger partial charge is 0.328 e. The van der Waals surface area contributed by atoms with Crippen molar-refractivity contribution in [3.63, 3.8) is 0 Å². The van der Waals surface area contributed by atoms with E-state index in [2.05, 4.69) is 4.90 Å². The summed E-state index contributed by atoms with van der Waals surface area (Å²) in [5, 5.41) is 0. The molecule has 0 bridgehead atoms. The molecule has 2 N–H and O–H groups in total. The fourth-order valence-electron chi connectivity index (χ4n) is 4.46. The number of primary amides is 1. The highest BCUT2D eigenvalue weighted by Crippen LogP contribution is 2.37. The first-order valence-electron chi connectivity index (χ1n) is 10.2. The molecule has 0 atom stereocenters. The maximum atomic E-state index is 13.3. The summed E-state index contributed by atoms with van der Waals surface area (Å²) in [6, 6.07) is 13.2. The molecule has 4 amide bonds. The minimum Gasteiger partial charge on any atom is -0.468 e. The Kier molecular flexibility index (Phi) is 5.59. The lowest BCUT2D eigenvalue weighted by Crippen LogP contribution is -2.56. The minimum atomic E-state index is -0.916. The Morgan fingerprint density at radius 2 is 1.80 bits per heavy atom. The Balaban J connectivity index is 1.52. The largest absolute Gasteiger partial charge is 0.468 e. The van der Waals surface area contributed by atoms with Gasteiger partial charge < -0.3 is 15.1 Å². The molecular weight excluding hydrogens is 384 g/mol. The number of urea groups is 1. The van der Waals surface area contributed by atoms with Gasteiger partial charge in [-0.25, -0.2) is 4.79 Å². The molecule has 2 fully saturated rings.